The van der Waals surface area contributed by atoms with Crippen LogP contribution in [0.1, 0.15) is 55.5 Å². The lowest BCUT2D eigenvalue weighted by Gasteiger charge is -2.31. The van der Waals surface area contributed by atoms with E-state index in [1.54, 1.807) is 0 Å². The second-order valence-corrected chi connectivity index (χ2v) is 12.0. The van der Waals surface area contributed by atoms with E-state index in [-0.39, 0.29) is 5.41 Å². The topological polar surface area (TPSA) is 35.2 Å². The van der Waals surface area contributed by atoms with Crippen molar-refractivity contribution in [3.63, 3.8) is 0 Å². The van der Waals surface area contributed by atoms with Gasteiger partial charge in [-0.25, -0.2) is 0 Å². The van der Waals surface area contributed by atoms with Crippen LogP contribution in [0.25, 0.3) is 5.57 Å². The third-order valence-electron chi connectivity index (χ3n) is 6.19. The first-order valence-electron chi connectivity index (χ1n) is 11.4. The van der Waals surface area contributed by atoms with Gasteiger partial charge in [0.1, 0.15) is 5.75 Å². The first-order chi connectivity index (χ1) is 15.2. The van der Waals surface area contributed by atoms with Gasteiger partial charge >= 0.3 is 0 Å². The standard InChI is InChI=1S/C29H37NOSi/c1-20(18-19-30)26-21(2)27(29(5,6)7)23(4)28(22(26)3)31-32(24-14-10-8-11-15-24)25-16-12-9-13-17-25/h8-18,32H,19,30H2,1-7H3. The van der Waals surface area contributed by atoms with E-state index in [1.807, 2.05) is 0 Å². The summed E-state index contributed by atoms with van der Waals surface area (Å²) in [7, 11) is -1.94. The van der Waals surface area contributed by atoms with Crippen molar-refractivity contribution in [3.8, 4) is 5.75 Å². The Balaban J connectivity index is 2.28. The van der Waals surface area contributed by atoms with Gasteiger partial charge in [0.25, 0.3) is 9.04 Å². The van der Waals surface area contributed by atoms with Crippen molar-refractivity contribution in [1.29, 1.82) is 0 Å². The van der Waals surface area contributed by atoms with E-state index in [2.05, 4.69) is 115 Å². The third kappa shape index (κ3) is 4.90. The summed E-state index contributed by atoms with van der Waals surface area (Å²) in [5, 5.41) is 2.57. The third-order valence-corrected chi connectivity index (χ3v) is 8.64. The van der Waals surface area contributed by atoms with Gasteiger partial charge in [-0.1, -0.05) is 87.5 Å². The largest absolute Gasteiger partial charge is 0.537 e. The van der Waals surface area contributed by atoms with Crippen molar-refractivity contribution >= 4 is 25.0 Å². The molecule has 0 radical (unpaired) electrons. The lowest BCUT2D eigenvalue weighted by molar-refractivity contribution is 0.551. The first-order valence-corrected chi connectivity index (χ1v) is 13.1. The molecule has 2 N–H and O–H groups in total. The predicted molar refractivity (Wildman–Crippen MR) is 142 cm³/mol. The van der Waals surface area contributed by atoms with Crippen molar-refractivity contribution in [3.05, 3.63) is 94.6 Å². The molecule has 0 saturated carbocycles. The minimum atomic E-state index is -1.94. The maximum atomic E-state index is 7.09. The number of allylic oxidation sites excluding steroid dienone is 1. The number of nitrogens with two attached hydrogens (primary N) is 1. The van der Waals surface area contributed by atoms with E-state index < -0.39 is 9.04 Å². The molecular formula is C29H37NOSi. The van der Waals surface area contributed by atoms with Crippen molar-refractivity contribution in [1.82, 2.24) is 0 Å². The zero-order valence-electron chi connectivity index (χ0n) is 20.6. The Morgan fingerprint density at radius 2 is 1.34 bits per heavy atom. The van der Waals surface area contributed by atoms with Crippen LogP contribution in [0.4, 0.5) is 0 Å². The van der Waals surface area contributed by atoms with Gasteiger partial charge in [-0.2, -0.15) is 0 Å². The average Bonchev–Trinajstić information content (AvgIpc) is 2.74. The van der Waals surface area contributed by atoms with Crippen LogP contribution in [0, 0.1) is 20.8 Å². The molecule has 0 aliphatic carbocycles. The van der Waals surface area contributed by atoms with Crippen LogP contribution in [0.3, 0.4) is 0 Å². The van der Waals surface area contributed by atoms with Crippen molar-refractivity contribution in [2.24, 2.45) is 5.73 Å². The summed E-state index contributed by atoms with van der Waals surface area (Å²) in [6, 6.07) is 21.4. The fourth-order valence-electron chi connectivity index (χ4n) is 5.07. The molecule has 0 aliphatic heterocycles. The highest BCUT2D eigenvalue weighted by Crippen LogP contribution is 2.41. The Kier molecular flexibility index (Phi) is 7.42. The van der Waals surface area contributed by atoms with Gasteiger partial charge in [-0.15, -0.1) is 0 Å². The molecule has 0 atom stereocenters. The molecule has 168 valence electrons. The molecule has 0 amide bonds. The molecule has 3 rings (SSSR count). The van der Waals surface area contributed by atoms with Crippen LogP contribution < -0.4 is 20.5 Å². The Morgan fingerprint density at radius 1 is 0.844 bits per heavy atom. The second-order valence-electron chi connectivity index (χ2n) is 9.65. The summed E-state index contributed by atoms with van der Waals surface area (Å²) in [6.45, 7) is 16.2. The number of rotatable bonds is 6. The highest BCUT2D eigenvalue weighted by Gasteiger charge is 2.28. The molecule has 0 spiro atoms. The first kappa shape index (κ1) is 24.0. The summed E-state index contributed by atoms with van der Waals surface area (Å²) in [5.41, 5.74) is 13.5. The van der Waals surface area contributed by atoms with Gasteiger partial charge in [0.05, 0.1) is 0 Å². The van der Waals surface area contributed by atoms with Crippen molar-refractivity contribution in [2.45, 2.75) is 53.9 Å². The molecule has 0 heterocycles. The van der Waals surface area contributed by atoms with Crippen LogP contribution in [0.5, 0.6) is 5.75 Å². The molecule has 32 heavy (non-hydrogen) atoms. The molecule has 0 aliphatic rings. The van der Waals surface area contributed by atoms with Gasteiger partial charge in [0.15, 0.2) is 0 Å². The quantitative estimate of drug-likeness (QED) is 0.532. The predicted octanol–water partition coefficient (Wildman–Crippen LogP) is 5.19. The van der Waals surface area contributed by atoms with E-state index >= 15 is 0 Å². The molecule has 0 unspecified atom stereocenters. The SMILES string of the molecule is CC(=CCN)c1c(C)c(O[SiH](c2ccccc2)c2ccccc2)c(C)c(C(C)(C)C)c1C. The Hall–Kier alpha value is -2.62. The molecule has 2 nitrogen and oxygen atoms in total. The fraction of sp³-hybridized carbons (Fsp3) is 0.310. The minimum absolute atomic E-state index is 0.00820. The normalized spacial score (nSPS) is 12.3. The number of hydrogen-bond acceptors (Lipinski definition) is 2. The monoisotopic (exact) mass is 443 g/mol. The van der Waals surface area contributed by atoms with Gasteiger partial charge in [0, 0.05) is 6.54 Å². The highest BCUT2D eigenvalue weighted by molar-refractivity contribution is 6.80. The average molecular weight is 444 g/mol. The van der Waals surface area contributed by atoms with Crippen molar-refractivity contribution in [2.75, 3.05) is 6.54 Å². The zero-order valence-corrected chi connectivity index (χ0v) is 21.8. The zero-order chi connectivity index (χ0) is 23.5. The van der Waals surface area contributed by atoms with E-state index in [4.69, 9.17) is 10.2 Å². The molecule has 0 bridgehead atoms. The molecule has 0 saturated heterocycles. The van der Waals surface area contributed by atoms with Crippen LogP contribution in [0.2, 0.25) is 0 Å². The lowest BCUT2D eigenvalue weighted by Crippen LogP contribution is -2.47. The van der Waals surface area contributed by atoms with Gasteiger partial charge in [-0.3, -0.25) is 0 Å². The van der Waals surface area contributed by atoms with E-state index in [1.165, 1.54) is 43.8 Å². The summed E-state index contributed by atoms with van der Waals surface area (Å²) < 4.78 is 7.09. The molecule has 3 aromatic rings. The number of hydrogen-bond donors (Lipinski definition) is 1. The van der Waals surface area contributed by atoms with Gasteiger partial charge in [0.2, 0.25) is 0 Å². The van der Waals surface area contributed by atoms with Gasteiger partial charge < -0.3 is 10.2 Å². The molecule has 3 heteroatoms. The van der Waals surface area contributed by atoms with Crippen molar-refractivity contribution < 1.29 is 4.43 Å². The van der Waals surface area contributed by atoms with E-state index in [0.717, 1.165) is 5.75 Å². The Bertz CT molecular complexity index is 1060. The van der Waals surface area contributed by atoms with Gasteiger partial charge in [-0.05, 0) is 76.9 Å². The summed E-state index contributed by atoms with van der Waals surface area (Å²) in [6.07, 6.45) is 2.12. The Morgan fingerprint density at radius 3 is 1.78 bits per heavy atom. The highest BCUT2D eigenvalue weighted by atomic mass is 28.3. The molecule has 0 aromatic heterocycles. The Labute approximate surface area is 195 Å². The summed E-state index contributed by atoms with van der Waals surface area (Å²) >= 11 is 0. The van der Waals surface area contributed by atoms with Crippen LogP contribution >= 0.6 is 0 Å². The van der Waals surface area contributed by atoms with Crippen LogP contribution in [-0.2, 0) is 5.41 Å². The number of benzene rings is 3. The van der Waals surface area contributed by atoms with E-state index in [0.29, 0.717) is 6.54 Å². The second kappa shape index (κ2) is 9.89. The maximum absolute atomic E-state index is 7.09. The van der Waals surface area contributed by atoms with Crippen LogP contribution in [0.15, 0.2) is 66.7 Å². The molecule has 0 fully saturated rings. The smallest absolute Gasteiger partial charge is 0.299 e. The molecular weight excluding hydrogens is 406 g/mol. The summed E-state index contributed by atoms with van der Waals surface area (Å²) in [5.74, 6) is 1.03. The lowest BCUT2D eigenvalue weighted by atomic mass is 9.77. The van der Waals surface area contributed by atoms with E-state index in [9.17, 15) is 0 Å². The summed E-state index contributed by atoms with van der Waals surface area (Å²) in [4.78, 5) is 0. The maximum Gasteiger partial charge on any atom is 0.299 e. The van der Waals surface area contributed by atoms with Crippen LogP contribution in [-0.4, -0.2) is 15.6 Å². The fourth-order valence-corrected chi connectivity index (χ4v) is 7.46. The minimum Gasteiger partial charge on any atom is -0.537 e. The molecule has 3 aromatic carbocycles.